The molecule has 2 aromatic carbocycles. The number of amides is 1. The lowest BCUT2D eigenvalue weighted by molar-refractivity contribution is -0.117. The molecule has 0 spiro atoms. The number of hydrogen-bond donors (Lipinski definition) is 3. The smallest absolute Gasteiger partial charge is 0.336 e. The second kappa shape index (κ2) is 6.00. The van der Waals surface area contributed by atoms with E-state index in [2.05, 4.69) is 5.32 Å². The fourth-order valence-electron chi connectivity index (χ4n) is 3.05. The molecule has 1 saturated carbocycles. The van der Waals surface area contributed by atoms with Gasteiger partial charge in [-0.2, -0.15) is 0 Å². The first-order chi connectivity index (χ1) is 11.4. The molecule has 0 unspecified atom stereocenters. The number of nitrogens with one attached hydrogen (secondary N) is 1. The minimum atomic E-state index is -1.01. The Labute approximate surface area is 139 Å². The molecule has 1 aliphatic rings. The topological polar surface area (TPSA) is 86.6 Å². The Balaban J connectivity index is 1.75. The molecule has 3 rings (SSSR count). The first-order valence-electron chi connectivity index (χ1n) is 7.81. The quantitative estimate of drug-likeness (QED) is 0.803. The molecular formula is C19H19NO4. The van der Waals surface area contributed by atoms with Gasteiger partial charge in [-0.25, -0.2) is 4.79 Å². The summed E-state index contributed by atoms with van der Waals surface area (Å²) < 4.78 is 0. The number of aromatic carboxylic acids is 1. The lowest BCUT2D eigenvalue weighted by Crippen LogP contribution is -2.16. The molecule has 0 heterocycles. The lowest BCUT2D eigenvalue weighted by Gasteiger charge is -2.11. The highest BCUT2D eigenvalue weighted by Crippen LogP contribution is 2.48. The van der Waals surface area contributed by atoms with Crippen molar-refractivity contribution in [3.05, 3.63) is 58.7 Å². The van der Waals surface area contributed by atoms with E-state index in [4.69, 9.17) is 0 Å². The van der Waals surface area contributed by atoms with Gasteiger partial charge in [0.1, 0.15) is 5.75 Å². The molecule has 1 aliphatic carbocycles. The van der Waals surface area contributed by atoms with Crippen LogP contribution in [0.5, 0.6) is 5.75 Å². The van der Waals surface area contributed by atoms with Crippen LogP contribution in [0.2, 0.25) is 0 Å². The van der Waals surface area contributed by atoms with E-state index in [9.17, 15) is 19.8 Å². The van der Waals surface area contributed by atoms with E-state index in [-0.39, 0.29) is 29.1 Å². The van der Waals surface area contributed by atoms with Gasteiger partial charge in [-0.3, -0.25) is 4.79 Å². The van der Waals surface area contributed by atoms with Crippen molar-refractivity contribution >= 4 is 17.6 Å². The highest BCUT2D eigenvalue weighted by atomic mass is 16.4. The normalized spacial score (nSPS) is 18.9. The molecule has 0 radical (unpaired) electrons. The van der Waals surface area contributed by atoms with Crippen molar-refractivity contribution < 1.29 is 19.8 Å². The number of carbonyl (C=O) groups is 2. The van der Waals surface area contributed by atoms with Crippen LogP contribution in [0.15, 0.2) is 36.4 Å². The average molecular weight is 325 g/mol. The number of phenolic OH excluding ortho intramolecular Hbond substituents is 1. The number of benzene rings is 2. The maximum atomic E-state index is 12.4. The third kappa shape index (κ3) is 3.11. The zero-order valence-corrected chi connectivity index (χ0v) is 13.5. The molecule has 124 valence electrons. The molecule has 1 amide bonds. The number of phenols is 1. The van der Waals surface area contributed by atoms with Crippen molar-refractivity contribution in [2.75, 3.05) is 5.32 Å². The zero-order chi connectivity index (χ0) is 17.4. The van der Waals surface area contributed by atoms with Gasteiger partial charge in [0.2, 0.25) is 5.91 Å². The highest BCUT2D eigenvalue weighted by Gasteiger charge is 2.44. The van der Waals surface area contributed by atoms with Gasteiger partial charge in [0, 0.05) is 11.6 Å². The van der Waals surface area contributed by atoms with Gasteiger partial charge in [-0.05, 0) is 61.1 Å². The van der Waals surface area contributed by atoms with Crippen LogP contribution in [0.3, 0.4) is 0 Å². The number of carboxylic acid groups (broad SMARTS) is 1. The van der Waals surface area contributed by atoms with E-state index in [1.165, 1.54) is 6.07 Å². The minimum Gasteiger partial charge on any atom is -0.508 e. The lowest BCUT2D eigenvalue weighted by atomic mass is 10.0. The first kappa shape index (κ1) is 16.1. The van der Waals surface area contributed by atoms with Crippen LogP contribution in [0.1, 0.15) is 39.4 Å². The van der Waals surface area contributed by atoms with Crippen LogP contribution in [-0.4, -0.2) is 22.1 Å². The summed E-state index contributed by atoms with van der Waals surface area (Å²) in [7, 11) is 0. The second-order valence-corrected chi connectivity index (χ2v) is 6.32. The Morgan fingerprint density at radius 2 is 1.88 bits per heavy atom. The summed E-state index contributed by atoms with van der Waals surface area (Å²) in [5, 5.41) is 21.6. The summed E-state index contributed by atoms with van der Waals surface area (Å²) in [5.74, 6) is -0.986. The van der Waals surface area contributed by atoms with E-state index in [1.54, 1.807) is 31.2 Å². The SMILES string of the molecule is Cc1cc(C)c(C(=O)O)cc1NC(=O)[C@@H]1C[C@H]1c1cccc(O)c1. The molecule has 24 heavy (non-hydrogen) atoms. The van der Waals surface area contributed by atoms with E-state index >= 15 is 0 Å². The van der Waals surface area contributed by atoms with Crippen LogP contribution >= 0.6 is 0 Å². The predicted molar refractivity (Wildman–Crippen MR) is 90.5 cm³/mol. The summed E-state index contributed by atoms with van der Waals surface area (Å²) in [6.07, 6.45) is 0.728. The molecular weight excluding hydrogens is 306 g/mol. The minimum absolute atomic E-state index is 0.0989. The highest BCUT2D eigenvalue weighted by molar-refractivity contribution is 5.98. The van der Waals surface area contributed by atoms with Crippen LogP contribution in [0.25, 0.3) is 0 Å². The summed E-state index contributed by atoms with van der Waals surface area (Å²) in [6, 6.07) is 10.2. The molecule has 2 atom stereocenters. The number of carbonyl (C=O) groups excluding carboxylic acids is 1. The largest absolute Gasteiger partial charge is 0.508 e. The molecule has 1 fully saturated rings. The number of rotatable bonds is 4. The van der Waals surface area contributed by atoms with Gasteiger partial charge in [0.05, 0.1) is 5.56 Å². The summed E-state index contributed by atoms with van der Waals surface area (Å²) in [6.45, 7) is 3.58. The fourth-order valence-corrected chi connectivity index (χ4v) is 3.05. The molecule has 0 aliphatic heterocycles. The average Bonchev–Trinajstić information content (AvgIpc) is 3.30. The number of aromatic hydroxyl groups is 1. The van der Waals surface area contributed by atoms with Crippen molar-refractivity contribution in [2.45, 2.75) is 26.2 Å². The Morgan fingerprint density at radius 1 is 1.12 bits per heavy atom. The van der Waals surface area contributed by atoms with Crippen LogP contribution < -0.4 is 5.32 Å². The van der Waals surface area contributed by atoms with Crippen molar-refractivity contribution in [1.29, 1.82) is 0 Å². The zero-order valence-electron chi connectivity index (χ0n) is 13.5. The molecule has 5 heteroatoms. The Kier molecular flexibility index (Phi) is 4.01. The third-order valence-electron chi connectivity index (χ3n) is 4.49. The monoisotopic (exact) mass is 325 g/mol. The number of hydrogen-bond acceptors (Lipinski definition) is 3. The van der Waals surface area contributed by atoms with Crippen LogP contribution in [0, 0.1) is 19.8 Å². The van der Waals surface area contributed by atoms with E-state index in [0.717, 1.165) is 17.5 Å². The van der Waals surface area contributed by atoms with Crippen molar-refractivity contribution in [2.24, 2.45) is 5.92 Å². The van der Waals surface area contributed by atoms with Crippen molar-refractivity contribution in [3.63, 3.8) is 0 Å². The standard InChI is InChI=1S/C19H19NO4/c1-10-6-11(2)17(9-14(10)19(23)24)20-18(22)16-8-15(16)12-4-3-5-13(21)7-12/h3-7,9,15-16,21H,8H2,1-2H3,(H,20,22)(H,23,24)/t15-,16+/m0/s1. The second-order valence-electron chi connectivity index (χ2n) is 6.32. The van der Waals surface area contributed by atoms with Gasteiger partial charge < -0.3 is 15.5 Å². The fraction of sp³-hybridized carbons (Fsp3) is 0.263. The van der Waals surface area contributed by atoms with Gasteiger partial charge in [-0.15, -0.1) is 0 Å². The van der Waals surface area contributed by atoms with E-state index < -0.39 is 5.97 Å². The van der Waals surface area contributed by atoms with Crippen molar-refractivity contribution in [1.82, 2.24) is 0 Å². The molecule has 5 nitrogen and oxygen atoms in total. The third-order valence-corrected chi connectivity index (χ3v) is 4.49. The van der Waals surface area contributed by atoms with E-state index in [0.29, 0.717) is 11.3 Å². The molecule has 0 saturated heterocycles. The number of carboxylic acids is 1. The van der Waals surface area contributed by atoms with Gasteiger partial charge in [-0.1, -0.05) is 18.2 Å². The Morgan fingerprint density at radius 3 is 2.54 bits per heavy atom. The van der Waals surface area contributed by atoms with Crippen molar-refractivity contribution in [3.8, 4) is 5.75 Å². The molecule has 2 aromatic rings. The Hall–Kier alpha value is -2.82. The molecule has 3 N–H and O–H groups in total. The van der Waals surface area contributed by atoms with Gasteiger partial charge >= 0.3 is 5.97 Å². The first-order valence-corrected chi connectivity index (χ1v) is 7.81. The van der Waals surface area contributed by atoms with Gasteiger partial charge in [0.15, 0.2) is 0 Å². The van der Waals surface area contributed by atoms with Crippen LogP contribution in [-0.2, 0) is 4.79 Å². The molecule has 0 bridgehead atoms. The van der Waals surface area contributed by atoms with E-state index in [1.807, 2.05) is 13.0 Å². The molecule has 0 aromatic heterocycles. The summed E-state index contributed by atoms with van der Waals surface area (Å²) >= 11 is 0. The maximum absolute atomic E-state index is 12.4. The van der Waals surface area contributed by atoms with Crippen LogP contribution in [0.4, 0.5) is 5.69 Å². The number of anilines is 1. The Bertz CT molecular complexity index is 828. The number of aryl methyl sites for hydroxylation is 2. The summed E-state index contributed by atoms with van der Waals surface area (Å²) in [4.78, 5) is 23.7. The van der Waals surface area contributed by atoms with Gasteiger partial charge in [0.25, 0.3) is 0 Å². The summed E-state index contributed by atoms with van der Waals surface area (Å²) in [5.41, 5.74) is 3.17. The predicted octanol–water partition coefficient (Wildman–Crippen LogP) is 3.45. The maximum Gasteiger partial charge on any atom is 0.336 e.